The molecular formula is C46H58F6N16O8S. The highest BCUT2D eigenvalue weighted by molar-refractivity contribution is 7.98. The Morgan fingerprint density at radius 3 is 1.82 bits per heavy atom. The number of carbonyl (C=O) groups excluding carboxylic acids is 8. The second kappa shape index (κ2) is 29.6. The molecule has 2 aromatic heterocycles. The van der Waals surface area contributed by atoms with Gasteiger partial charge in [0.25, 0.3) is 0 Å². The molecule has 0 aliphatic carbocycles. The number of thioether (sulfide) groups is 1. The molecule has 1 fully saturated rings. The molecule has 0 saturated carbocycles. The number of H-pyrrole nitrogens is 2. The molecule has 2 aromatic carbocycles. The molecule has 77 heavy (non-hydrogen) atoms. The average Bonchev–Trinajstić information content (AvgIpc) is 4.15. The smallest absolute Gasteiger partial charge is 0.243 e. The van der Waals surface area contributed by atoms with Crippen molar-refractivity contribution >= 4 is 59.0 Å². The third kappa shape index (κ3) is 17.7. The zero-order valence-corrected chi connectivity index (χ0v) is 42.1. The molecule has 1 aliphatic rings. The highest BCUT2D eigenvalue weighted by Crippen LogP contribution is 2.24. The van der Waals surface area contributed by atoms with Crippen molar-refractivity contribution in [3.8, 4) is 0 Å². The lowest BCUT2D eigenvalue weighted by molar-refractivity contribution is -0.135. The van der Waals surface area contributed by atoms with E-state index in [0.29, 0.717) is 5.69 Å². The fourth-order valence-electron chi connectivity index (χ4n) is 7.79. The minimum absolute atomic E-state index is 0.00451. The van der Waals surface area contributed by atoms with E-state index in [0.717, 1.165) is 6.07 Å². The van der Waals surface area contributed by atoms with Crippen LogP contribution in [0.2, 0.25) is 0 Å². The van der Waals surface area contributed by atoms with Crippen molar-refractivity contribution in [3.63, 3.8) is 0 Å². The molecule has 0 unspecified atom stereocenters. The quantitative estimate of drug-likeness (QED) is 0.0376. The Bertz CT molecular complexity index is 2670. The number of nitrogens with zero attached hydrogens (tertiary/aromatic N) is 4. The maximum Gasteiger partial charge on any atom is 0.243 e. The van der Waals surface area contributed by atoms with Crippen LogP contribution in [-0.2, 0) is 64.0 Å². The number of amides is 8. The first-order chi connectivity index (χ1) is 36.8. The summed E-state index contributed by atoms with van der Waals surface area (Å²) >= 11 is 1.27. The Balaban J connectivity index is 1.53. The van der Waals surface area contributed by atoms with E-state index >= 15 is 13.2 Å². The number of hydrogen-bond donors (Lipinski definition) is 12. The molecule has 0 bridgehead atoms. The van der Waals surface area contributed by atoms with Crippen LogP contribution in [0.25, 0.3) is 0 Å². The number of nitrogens with two attached hydrogens (primary N) is 2. The number of aromatic nitrogens is 6. The van der Waals surface area contributed by atoms with Crippen molar-refractivity contribution in [1.29, 1.82) is 0 Å². The molecule has 1 saturated heterocycles. The number of halogens is 6. The summed E-state index contributed by atoms with van der Waals surface area (Å²) in [5, 5.41) is 32.8. The number of hydrogen-bond acceptors (Lipinski definition) is 15. The molecule has 4 aromatic rings. The molecule has 24 nitrogen and oxygen atoms in total. The zero-order valence-electron chi connectivity index (χ0n) is 41.3. The normalized spacial score (nSPS) is 22.5. The first kappa shape index (κ1) is 60.2. The minimum atomic E-state index is -2.54. The maximum absolute atomic E-state index is 15.2. The van der Waals surface area contributed by atoms with E-state index in [2.05, 4.69) is 73.1 Å². The van der Waals surface area contributed by atoms with Crippen LogP contribution in [0, 0.1) is 34.9 Å². The maximum atomic E-state index is 15.2. The van der Waals surface area contributed by atoms with Gasteiger partial charge >= 0.3 is 0 Å². The van der Waals surface area contributed by atoms with E-state index in [9.17, 15) is 51.5 Å². The number of aryl methyl sites for hydroxylation is 1. The standard InChI is InChI=1S/C46H58F6N16O8S/c1-77-15-12-29-41(71)57-20-34(69)59-32(18-24-35(48)37(50)39(52)38(51)36(24)49)46(76)63-30(16-22-6-2-3-7-25(22)47)45(75)61-28(11-13-53)44(74)64-31(17-23-19-55-21-58-23)42(72)56-14-5-4-8-26(54)40(70)60-27(43(73)62-29)9-10-33-65-67-68-66-33/h2-3,6-7,19,21,26-32H,4-5,8-18,20,53-54H2,1H3,(H,55,58)(H,56,72)(H,57,71)(H,59,69)(H,60,70)(H,61,75)(H,62,73)(H,63,76)(H,64,74)(H,65,66,67,68)/t26-,27-,28-,29-,30-,31+,32-/m0/s1. The highest BCUT2D eigenvalue weighted by Gasteiger charge is 2.36. The summed E-state index contributed by atoms with van der Waals surface area (Å²) in [6.07, 6.45) is 2.20. The first-order valence-electron chi connectivity index (χ1n) is 24.1. The second-order valence-electron chi connectivity index (χ2n) is 17.6. The summed E-state index contributed by atoms with van der Waals surface area (Å²) in [5.41, 5.74) is 10.7. The molecule has 1 aliphatic heterocycles. The number of tetrazole rings is 1. The van der Waals surface area contributed by atoms with Crippen LogP contribution in [0.4, 0.5) is 26.3 Å². The van der Waals surface area contributed by atoms with Crippen LogP contribution in [0.15, 0.2) is 36.8 Å². The van der Waals surface area contributed by atoms with Gasteiger partial charge in [-0.15, -0.1) is 10.2 Å². The predicted molar refractivity (Wildman–Crippen MR) is 261 cm³/mol. The van der Waals surface area contributed by atoms with Crippen molar-refractivity contribution in [3.05, 3.63) is 94.3 Å². The number of benzene rings is 2. The number of imidazole rings is 1. The summed E-state index contributed by atoms with van der Waals surface area (Å²) in [4.78, 5) is 118. The predicted octanol–water partition coefficient (Wildman–Crippen LogP) is -1.83. The topological polar surface area (TPSA) is 368 Å². The Kier molecular flexibility index (Phi) is 23.1. The highest BCUT2D eigenvalue weighted by atomic mass is 32.2. The first-order valence-corrected chi connectivity index (χ1v) is 25.5. The van der Waals surface area contributed by atoms with Crippen LogP contribution in [0.5, 0.6) is 0 Å². The van der Waals surface area contributed by atoms with Crippen molar-refractivity contribution in [2.45, 2.75) is 107 Å². The van der Waals surface area contributed by atoms with Gasteiger partial charge in [-0.25, -0.2) is 31.3 Å². The number of rotatable bonds is 14. The van der Waals surface area contributed by atoms with Crippen LogP contribution in [-0.4, -0.2) is 152 Å². The summed E-state index contributed by atoms with van der Waals surface area (Å²) < 4.78 is 88.9. The van der Waals surface area contributed by atoms with Gasteiger partial charge in [-0.1, -0.05) is 23.4 Å². The monoisotopic (exact) mass is 1110 g/mol. The van der Waals surface area contributed by atoms with E-state index in [-0.39, 0.29) is 81.6 Å². The van der Waals surface area contributed by atoms with E-state index in [1.807, 2.05) is 0 Å². The van der Waals surface area contributed by atoms with Crippen molar-refractivity contribution < 1.29 is 64.7 Å². The Hall–Kier alpha value is -7.67. The average molecular weight is 1110 g/mol. The van der Waals surface area contributed by atoms with Gasteiger partial charge in [0.05, 0.1) is 18.9 Å². The van der Waals surface area contributed by atoms with E-state index in [1.165, 1.54) is 42.5 Å². The summed E-state index contributed by atoms with van der Waals surface area (Å²) in [6.45, 7) is -1.28. The van der Waals surface area contributed by atoms with E-state index < -0.39 is 149 Å². The Morgan fingerprint density at radius 1 is 0.636 bits per heavy atom. The molecule has 14 N–H and O–H groups in total. The van der Waals surface area contributed by atoms with Crippen LogP contribution in [0.3, 0.4) is 0 Å². The third-order valence-corrected chi connectivity index (χ3v) is 12.6. The number of carbonyl (C=O) groups is 8. The molecule has 418 valence electrons. The van der Waals surface area contributed by atoms with Gasteiger partial charge in [-0.3, -0.25) is 38.4 Å². The fraction of sp³-hybridized carbons (Fsp3) is 0.478. The van der Waals surface area contributed by atoms with Gasteiger partial charge in [-0.2, -0.15) is 17.0 Å². The van der Waals surface area contributed by atoms with Gasteiger partial charge in [0.2, 0.25) is 53.1 Å². The molecule has 0 spiro atoms. The van der Waals surface area contributed by atoms with Crippen molar-refractivity contribution in [2.75, 3.05) is 31.6 Å². The SMILES string of the molecule is CSCC[C@@H]1NC(=O)[C@H](CCc2nn[nH]n2)NC(=O)[C@@H](N)CCCCNC(=O)[C@@H](Cc2cnc[nH]2)NC(=O)[C@H](CCN)NC(=O)[C@H](Cc2ccccc2F)NC(=O)[C@H](Cc2c(F)c(F)c(F)c(F)c2F)NC(=O)CNC1=O. The van der Waals surface area contributed by atoms with Crippen LogP contribution < -0.4 is 54.0 Å². The van der Waals surface area contributed by atoms with E-state index in [4.69, 9.17) is 11.5 Å². The largest absolute Gasteiger partial charge is 0.354 e. The number of aromatic amines is 2. The van der Waals surface area contributed by atoms with Gasteiger partial charge in [0, 0.05) is 49.7 Å². The molecule has 0 radical (unpaired) electrons. The zero-order chi connectivity index (χ0) is 56.2. The minimum Gasteiger partial charge on any atom is -0.354 e. The number of nitrogens with one attached hydrogen (secondary N) is 10. The van der Waals surface area contributed by atoms with Crippen LogP contribution in [0.1, 0.15) is 61.2 Å². The Morgan fingerprint density at radius 2 is 1.21 bits per heavy atom. The fourth-order valence-corrected chi connectivity index (χ4v) is 8.26. The van der Waals surface area contributed by atoms with Crippen LogP contribution >= 0.6 is 11.8 Å². The molecule has 3 heterocycles. The van der Waals surface area contributed by atoms with Crippen molar-refractivity contribution in [2.24, 2.45) is 11.5 Å². The molecule has 31 heteroatoms. The summed E-state index contributed by atoms with van der Waals surface area (Å²) in [6, 6.07) is -6.19. The molecule has 7 atom stereocenters. The lowest BCUT2D eigenvalue weighted by Gasteiger charge is -2.27. The Labute approximate surface area is 439 Å². The van der Waals surface area contributed by atoms with Gasteiger partial charge in [0.15, 0.2) is 29.1 Å². The lowest BCUT2D eigenvalue weighted by atomic mass is 10.0. The molecule has 5 rings (SSSR count). The summed E-state index contributed by atoms with van der Waals surface area (Å²) in [7, 11) is 0. The summed E-state index contributed by atoms with van der Waals surface area (Å²) in [5.74, 6) is -20.9. The molecule has 8 amide bonds. The van der Waals surface area contributed by atoms with E-state index in [1.54, 1.807) is 6.26 Å². The third-order valence-electron chi connectivity index (χ3n) is 12.0. The van der Waals surface area contributed by atoms with Gasteiger partial charge < -0.3 is 59.0 Å². The van der Waals surface area contributed by atoms with Crippen molar-refractivity contribution in [1.82, 2.24) is 73.1 Å². The van der Waals surface area contributed by atoms with Gasteiger partial charge in [0.1, 0.15) is 42.1 Å². The lowest BCUT2D eigenvalue weighted by Crippen LogP contribution is -2.60. The van der Waals surface area contributed by atoms with Gasteiger partial charge in [-0.05, 0) is 68.7 Å². The second-order valence-corrected chi connectivity index (χ2v) is 18.6. The molecular weight excluding hydrogens is 1050 g/mol.